The normalized spacial score (nSPS) is 11.0. The maximum Gasteiger partial charge on any atom is 0.416 e. The standard InChI is InChI=1S/C18H15F3O4/c1-2-24-15-8-6-12(7-9-15)16(22)11-25-17(23)13-4-3-5-14(10-13)18(19,20)21/h3-10H,2,11H2,1H3. The number of Topliss-reactive ketones (excluding diaryl/α,β-unsaturated/α-hetero) is 1. The molecule has 4 nitrogen and oxygen atoms in total. The molecule has 0 amide bonds. The van der Waals surface area contributed by atoms with Crippen LogP contribution in [0.15, 0.2) is 48.5 Å². The second kappa shape index (κ2) is 7.83. The van der Waals surface area contributed by atoms with Crippen molar-refractivity contribution in [3.63, 3.8) is 0 Å². The highest BCUT2D eigenvalue weighted by Gasteiger charge is 2.31. The van der Waals surface area contributed by atoms with Gasteiger partial charge in [-0.05, 0) is 49.4 Å². The molecule has 0 aliphatic carbocycles. The molecule has 0 radical (unpaired) electrons. The van der Waals surface area contributed by atoms with Crippen LogP contribution < -0.4 is 4.74 Å². The Hall–Kier alpha value is -2.83. The Morgan fingerprint density at radius 3 is 2.28 bits per heavy atom. The third-order valence-corrected chi connectivity index (χ3v) is 3.25. The van der Waals surface area contributed by atoms with E-state index in [0.717, 1.165) is 12.1 Å². The predicted molar refractivity (Wildman–Crippen MR) is 83.7 cm³/mol. The van der Waals surface area contributed by atoms with Crippen molar-refractivity contribution >= 4 is 11.8 Å². The lowest BCUT2D eigenvalue weighted by Crippen LogP contribution is -2.15. The van der Waals surface area contributed by atoms with Gasteiger partial charge in [0.1, 0.15) is 5.75 Å². The van der Waals surface area contributed by atoms with E-state index in [9.17, 15) is 22.8 Å². The molecule has 0 spiro atoms. The summed E-state index contributed by atoms with van der Waals surface area (Å²) in [6.07, 6.45) is -4.56. The molecule has 0 aliphatic rings. The maximum absolute atomic E-state index is 12.6. The third kappa shape index (κ3) is 5.07. The van der Waals surface area contributed by atoms with Gasteiger partial charge in [-0.25, -0.2) is 4.79 Å². The highest BCUT2D eigenvalue weighted by molar-refractivity contribution is 5.99. The summed E-state index contributed by atoms with van der Waals surface area (Å²) in [6.45, 7) is 1.75. The second-order valence-electron chi connectivity index (χ2n) is 5.04. The van der Waals surface area contributed by atoms with Crippen molar-refractivity contribution < 1.29 is 32.2 Å². The van der Waals surface area contributed by atoms with E-state index in [1.807, 2.05) is 6.92 Å². The highest BCUT2D eigenvalue weighted by Crippen LogP contribution is 2.29. The summed E-state index contributed by atoms with van der Waals surface area (Å²) in [7, 11) is 0. The molecule has 2 rings (SSSR count). The van der Waals surface area contributed by atoms with Gasteiger partial charge in [-0.2, -0.15) is 13.2 Å². The number of esters is 1. The summed E-state index contributed by atoms with van der Waals surface area (Å²) in [5.41, 5.74) is -0.922. The Labute approximate surface area is 142 Å². The van der Waals surface area contributed by atoms with E-state index in [4.69, 9.17) is 9.47 Å². The smallest absolute Gasteiger partial charge is 0.416 e. The summed E-state index contributed by atoms with van der Waals surface area (Å²) in [4.78, 5) is 23.8. The Morgan fingerprint density at radius 2 is 1.68 bits per heavy atom. The number of hydrogen-bond acceptors (Lipinski definition) is 4. The number of ketones is 1. The molecule has 0 saturated carbocycles. The molecule has 132 valence electrons. The first kappa shape index (κ1) is 18.5. The molecule has 0 atom stereocenters. The van der Waals surface area contributed by atoms with Gasteiger partial charge in [0.15, 0.2) is 12.4 Å². The van der Waals surface area contributed by atoms with Crippen LogP contribution >= 0.6 is 0 Å². The fourth-order valence-electron chi connectivity index (χ4n) is 2.02. The monoisotopic (exact) mass is 352 g/mol. The van der Waals surface area contributed by atoms with Crippen LogP contribution in [-0.2, 0) is 10.9 Å². The Bertz CT molecular complexity index is 752. The van der Waals surface area contributed by atoms with E-state index in [1.54, 1.807) is 12.1 Å². The fraction of sp³-hybridized carbons (Fsp3) is 0.222. The van der Waals surface area contributed by atoms with Crippen LogP contribution in [0, 0.1) is 0 Å². The summed E-state index contributed by atoms with van der Waals surface area (Å²) < 4.78 is 48.0. The molecule has 0 N–H and O–H groups in total. The minimum absolute atomic E-state index is 0.269. The van der Waals surface area contributed by atoms with Crippen LogP contribution in [-0.4, -0.2) is 25.0 Å². The molecule has 2 aromatic carbocycles. The van der Waals surface area contributed by atoms with E-state index in [1.165, 1.54) is 18.2 Å². The zero-order valence-corrected chi connectivity index (χ0v) is 13.3. The third-order valence-electron chi connectivity index (χ3n) is 3.25. The van der Waals surface area contributed by atoms with E-state index < -0.39 is 30.1 Å². The second-order valence-corrected chi connectivity index (χ2v) is 5.04. The molecule has 2 aromatic rings. The minimum atomic E-state index is -4.56. The van der Waals surface area contributed by atoms with Gasteiger partial charge < -0.3 is 9.47 Å². The number of halogens is 3. The quantitative estimate of drug-likeness (QED) is 0.579. The molecule has 25 heavy (non-hydrogen) atoms. The Morgan fingerprint density at radius 1 is 1.00 bits per heavy atom. The van der Waals surface area contributed by atoms with E-state index >= 15 is 0 Å². The van der Waals surface area contributed by atoms with Gasteiger partial charge >= 0.3 is 12.1 Å². The Kier molecular flexibility index (Phi) is 5.80. The van der Waals surface area contributed by atoms with Crippen LogP contribution in [0.3, 0.4) is 0 Å². The van der Waals surface area contributed by atoms with Crippen molar-refractivity contribution in [1.29, 1.82) is 0 Å². The van der Waals surface area contributed by atoms with Crippen molar-refractivity contribution in [2.24, 2.45) is 0 Å². The molecule has 7 heteroatoms. The average Bonchev–Trinajstić information content (AvgIpc) is 2.59. The first-order chi connectivity index (χ1) is 11.8. The lowest BCUT2D eigenvalue weighted by Gasteiger charge is -2.09. The number of benzene rings is 2. The van der Waals surface area contributed by atoms with Crippen LogP contribution in [0.5, 0.6) is 5.75 Å². The molecule has 0 aliphatic heterocycles. The lowest BCUT2D eigenvalue weighted by molar-refractivity contribution is -0.137. The van der Waals surface area contributed by atoms with Crippen LogP contribution in [0.1, 0.15) is 33.2 Å². The van der Waals surface area contributed by atoms with Gasteiger partial charge in [-0.3, -0.25) is 4.79 Å². The molecule has 0 bridgehead atoms. The summed E-state index contributed by atoms with van der Waals surface area (Å²) in [5, 5.41) is 0. The molecular formula is C18H15F3O4. The van der Waals surface area contributed by atoms with Gasteiger partial charge in [0.05, 0.1) is 17.7 Å². The average molecular weight is 352 g/mol. The molecule has 0 saturated heterocycles. The molecule has 0 aromatic heterocycles. The summed E-state index contributed by atoms with van der Waals surface area (Å²) in [5.74, 6) is -0.867. The molecule has 0 unspecified atom stereocenters. The number of ether oxygens (including phenoxy) is 2. The van der Waals surface area contributed by atoms with Crippen molar-refractivity contribution in [2.45, 2.75) is 13.1 Å². The van der Waals surface area contributed by atoms with Gasteiger partial charge in [0.25, 0.3) is 0 Å². The van der Waals surface area contributed by atoms with Crippen molar-refractivity contribution in [1.82, 2.24) is 0 Å². The largest absolute Gasteiger partial charge is 0.494 e. The van der Waals surface area contributed by atoms with Crippen LogP contribution in [0.2, 0.25) is 0 Å². The van der Waals surface area contributed by atoms with Crippen LogP contribution in [0.25, 0.3) is 0 Å². The first-order valence-electron chi connectivity index (χ1n) is 7.41. The van der Waals surface area contributed by atoms with Gasteiger partial charge in [-0.15, -0.1) is 0 Å². The summed E-state index contributed by atoms with van der Waals surface area (Å²) >= 11 is 0. The van der Waals surface area contributed by atoms with Gasteiger partial charge in [-0.1, -0.05) is 6.07 Å². The van der Waals surface area contributed by atoms with Crippen molar-refractivity contribution in [2.75, 3.05) is 13.2 Å². The van der Waals surface area contributed by atoms with Gasteiger partial charge in [0, 0.05) is 5.56 Å². The van der Waals surface area contributed by atoms with E-state index in [0.29, 0.717) is 24.0 Å². The van der Waals surface area contributed by atoms with Crippen molar-refractivity contribution in [3.05, 3.63) is 65.2 Å². The molecule has 0 heterocycles. The first-order valence-corrected chi connectivity index (χ1v) is 7.41. The highest BCUT2D eigenvalue weighted by atomic mass is 19.4. The van der Waals surface area contributed by atoms with Gasteiger partial charge in [0.2, 0.25) is 0 Å². The fourth-order valence-corrected chi connectivity index (χ4v) is 2.02. The topological polar surface area (TPSA) is 52.6 Å². The molecular weight excluding hydrogens is 337 g/mol. The number of hydrogen-bond donors (Lipinski definition) is 0. The zero-order valence-electron chi connectivity index (χ0n) is 13.3. The van der Waals surface area contributed by atoms with E-state index in [-0.39, 0.29) is 5.56 Å². The van der Waals surface area contributed by atoms with E-state index in [2.05, 4.69) is 0 Å². The number of alkyl halides is 3. The number of carbonyl (C=O) groups excluding carboxylic acids is 2. The number of rotatable bonds is 6. The maximum atomic E-state index is 12.6. The minimum Gasteiger partial charge on any atom is -0.494 e. The SMILES string of the molecule is CCOc1ccc(C(=O)COC(=O)c2cccc(C(F)(F)F)c2)cc1. The molecule has 0 fully saturated rings. The zero-order chi connectivity index (χ0) is 18.4. The number of carbonyl (C=O) groups is 2. The predicted octanol–water partition coefficient (Wildman–Crippen LogP) is 4.14. The van der Waals surface area contributed by atoms with Crippen molar-refractivity contribution in [3.8, 4) is 5.75 Å². The lowest BCUT2D eigenvalue weighted by atomic mass is 10.1. The summed E-state index contributed by atoms with van der Waals surface area (Å²) in [6, 6.07) is 10.1. The Balaban J connectivity index is 1.98. The van der Waals surface area contributed by atoms with Crippen LogP contribution in [0.4, 0.5) is 13.2 Å².